The molecule has 0 radical (unpaired) electrons. The summed E-state index contributed by atoms with van der Waals surface area (Å²) >= 11 is 0. The Bertz CT molecular complexity index is 1370. The molecule has 4 N–H and O–H groups in total. The first-order valence-corrected chi connectivity index (χ1v) is 17.2. The molecule has 2 aliphatic heterocycles. The second-order valence-corrected chi connectivity index (χ2v) is 14.8. The molecule has 256 valence electrons. The van der Waals surface area contributed by atoms with Crippen molar-refractivity contribution in [3.05, 3.63) is 36.2 Å². The molecule has 1 spiro atoms. The Balaban J connectivity index is 1.39. The SMILES string of the molecule is CCC[C@H](NC(=O)[C@@H]1C[C@]2(C=C(c3ccccn3)NO2)CN1C(=O)[C@@H](NC(=O)CC1CCCCC1)C(C)(C)C)C(=O)C(=O)NC1CC1. The molecule has 2 saturated carbocycles. The predicted molar refractivity (Wildman–Crippen MR) is 175 cm³/mol. The van der Waals surface area contributed by atoms with Crippen molar-refractivity contribution in [2.45, 2.75) is 128 Å². The van der Waals surface area contributed by atoms with E-state index in [1.807, 2.05) is 45.9 Å². The van der Waals surface area contributed by atoms with Crippen LogP contribution in [0.25, 0.3) is 5.70 Å². The molecule has 3 heterocycles. The van der Waals surface area contributed by atoms with Gasteiger partial charge in [0.25, 0.3) is 5.91 Å². The van der Waals surface area contributed by atoms with E-state index < -0.39 is 52.6 Å². The Hall–Kier alpha value is -3.80. The molecule has 12 heteroatoms. The van der Waals surface area contributed by atoms with Gasteiger partial charge in [-0.3, -0.25) is 39.3 Å². The Labute approximate surface area is 277 Å². The first kappa shape index (κ1) is 34.5. The monoisotopic (exact) mass is 650 g/mol. The van der Waals surface area contributed by atoms with Crippen LogP contribution in [0.1, 0.15) is 104 Å². The van der Waals surface area contributed by atoms with Crippen molar-refractivity contribution >= 4 is 35.1 Å². The number of likely N-dealkylation sites (tertiary alicyclic amines) is 1. The second-order valence-electron chi connectivity index (χ2n) is 14.8. The third kappa shape index (κ3) is 8.57. The standard InChI is InChI=1S/C35H50N6O6/c1-5-11-25(29(43)32(45)37-23-15-16-23)38-31(44)27-20-35(19-26(40-47-35)24-14-9-10-17-36-24)21-41(27)33(46)30(34(2,3)4)39-28(42)18-22-12-7-6-8-13-22/h9-10,14,17,19,22-23,25,27,30,40H,5-8,11-13,15-16,18,20-21H2,1-4H3,(H,37,45)(H,38,44)(H,39,42)/t25-,27-,30+,35+/m0/s1. The van der Waals surface area contributed by atoms with E-state index in [4.69, 9.17) is 4.84 Å². The average Bonchev–Trinajstić information content (AvgIpc) is 3.64. The number of nitrogens with zero attached hydrogens (tertiary/aromatic N) is 2. The summed E-state index contributed by atoms with van der Waals surface area (Å²) in [6, 6.07) is 2.52. The van der Waals surface area contributed by atoms with E-state index >= 15 is 0 Å². The first-order valence-electron chi connectivity index (χ1n) is 17.2. The molecule has 3 fully saturated rings. The summed E-state index contributed by atoms with van der Waals surface area (Å²) in [7, 11) is 0. The summed E-state index contributed by atoms with van der Waals surface area (Å²) in [5.41, 5.74) is 2.46. The van der Waals surface area contributed by atoms with E-state index in [9.17, 15) is 24.0 Å². The zero-order valence-corrected chi connectivity index (χ0v) is 28.1. The van der Waals surface area contributed by atoms with Crippen LogP contribution in [0.15, 0.2) is 30.5 Å². The summed E-state index contributed by atoms with van der Waals surface area (Å²) in [5.74, 6) is -2.23. The molecule has 5 rings (SSSR count). The van der Waals surface area contributed by atoms with Crippen molar-refractivity contribution in [3.8, 4) is 0 Å². The molecule has 2 aliphatic carbocycles. The normalized spacial score (nSPS) is 24.2. The Kier molecular flexibility index (Phi) is 10.7. The van der Waals surface area contributed by atoms with Gasteiger partial charge < -0.3 is 20.9 Å². The van der Waals surface area contributed by atoms with Crippen LogP contribution in [0.3, 0.4) is 0 Å². The molecule has 4 aliphatic rings. The fraction of sp³-hybridized carbons (Fsp3) is 0.657. The molecular weight excluding hydrogens is 600 g/mol. The zero-order valence-electron chi connectivity index (χ0n) is 28.1. The lowest BCUT2D eigenvalue weighted by Crippen LogP contribution is -2.59. The number of carbonyl (C=O) groups is 5. The van der Waals surface area contributed by atoms with Crippen LogP contribution in [-0.2, 0) is 28.8 Å². The van der Waals surface area contributed by atoms with E-state index in [0.717, 1.165) is 38.5 Å². The third-order valence-corrected chi connectivity index (χ3v) is 9.62. The lowest BCUT2D eigenvalue weighted by atomic mass is 9.84. The molecule has 4 atom stereocenters. The van der Waals surface area contributed by atoms with Gasteiger partial charge >= 0.3 is 0 Å². The van der Waals surface area contributed by atoms with Crippen LogP contribution in [0.2, 0.25) is 0 Å². The van der Waals surface area contributed by atoms with Gasteiger partial charge in [0.2, 0.25) is 23.5 Å². The van der Waals surface area contributed by atoms with E-state index in [2.05, 4.69) is 26.4 Å². The number of ketones is 1. The number of aromatic nitrogens is 1. The highest BCUT2D eigenvalue weighted by molar-refractivity contribution is 6.38. The lowest BCUT2D eigenvalue weighted by Gasteiger charge is -2.36. The lowest BCUT2D eigenvalue weighted by molar-refractivity contribution is -0.145. The van der Waals surface area contributed by atoms with Gasteiger partial charge in [-0.05, 0) is 61.6 Å². The number of hydrogen-bond donors (Lipinski definition) is 4. The smallest absolute Gasteiger partial charge is 0.289 e. The average molecular weight is 651 g/mol. The molecular formula is C35H50N6O6. The molecule has 1 aromatic heterocycles. The maximum atomic E-state index is 14.5. The van der Waals surface area contributed by atoms with E-state index in [1.54, 1.807) is 12.3 Å². The fourth-order valence-electron chi connectivity index (χ4n) is 6.83. The minimum absolute atomic E-state index is 0.00184. The molecule has 1 saturated heterocycles. The topological polar surface area (TPSA) is 159 Å². The highest BCUT2D eigenvalue weighted by atomic mass is 16.7. The van der Waals surface area contributed by atoms with Gasteiger partial charge in [-0.1, -0.05) is 59.4 Å². The zero-order chi connectivity index (χ0) is 33.8. The number of Topliss-reactive ketones (excluding diaryl/α,β-unsaturated/α-hetero) is 1. The fourth-order valence-corrected chi connectivity index (χ4v) is 6.83. The number of hydrogen-bond acceptors (Lipinski definition) is 8. The predicted octanol–water partition coefficient (Wildman–Crippen LogP) is 2.93. The summed E-state index contributed by atoms with van der Waals surface area (Å²) in [5, 5.41) is 8.54. The highest BCUT2D eigenvalue weighted by Crippen LogP contribution is 2.38. The van der Waals surface area contributed by atoms with Crippen LogP contribution in [0.5, 0.6) is 0 Å². The number of rotatable bonds is 12. The number of nitrogens with one attached hydrogen (secondary N) is 4. The van der Waals surface area contributed by atoms with Crippen molar-refractivity contribution in [1.82, 2.24) is 31.3 Å². The molecule has 0 bridgehead atoms. The molecule has 0 aromatic carbocycles. The third-order valence-electron chi connectivity index (χ3n) is 9.62. The van der Waals surface area contributed by atoms with Gasteiger partial charge in [-0.2, -0.15) is 0 Å². The first-order chi connectivity index (χ1) is 22.4. The van der Waals surface area contributed by atoms with Crippen LogP contribution < -0.4 is 21.4 Å². The molecule has 12 nitrogen and oxygen atoms in total. The van der Waals surface area contributed by atoms with Gasteiger partial charge in [0.1, 0.15) is 17.7 Å². The van der Waals surface area contributed by atoms with Gasteiger partial charge in [-0.15, -0.1) is 0 Å². The van der Waals surface area contributed by atoms with E-state index in [1.165, 1.54) is 11.3 Å². The number of carbonyl (C=O) groups excluding carboxylic acids is 5. The number of hydroxylamine groups is 1. The van der Waals surface area contributed by atoms with Crippen molar-refractivity contribution in [3.63, 3.8) is 0 Å². The van der Waals surface area contributed by atoms with Crippen molar-refractivity contribution in [2.24, 2.45) is 11.3 Å². The van der Waals surface area contributed by atoms with Crippen molar-refractivity contribution < 1.29 is 28.8 Å². The van der Waals surface area contributed by atoms with Crippen LogP contribution >= 0.6 is 0 Å². The van der Waals surface area contributed by atoms with E-state index in [-0.39, 0.29) is 31.3 Å². The minimum Gasteiger partial charge on any atom is -0.347 e. The molecule has 0 unspecified atom stereocenters. The summed E-state index contributed by atoms with van der Waals surface area (Å²) in [4.78, 5) is 79.6. The number of amides is 4. The summed E-state index contributed by atoms with van der Waals surface area (Å²) in [6.45, 7) is 7.57. The van der Waals surface area contributed by atoms with Crippen LogP contribution in [0, 0.1) is 11.3 Å². The molecule has 47 heavy (non-hydrogen) atoms. The summed E-state index contributed by atoms with van der Waals surface area (Å²) in [6.07, 6.45) is 11.9. The highest BCUT2D eigenvalue weighted by Gasteiger charge is 2.54. The molecule has 1 aromatic rings. The largest absolute Gasteiger partial charge is 0.347 e. The van der Waals surface area contributed by atoms with Crippen LogP contribution in [0.4, 0.5) is 0 Å². The van der Waals surface area contributed by atoms with Crippen molar-refractivity contribution in [1.29, 1.82) is 0 Å². The minimum atomic E-state index is -1.06. The quantitative estimate of drug-likeness (QED) is 0.252. The Morgan fingerprint density at radius 1 is 1.06 bits per heavy atom. The van der Waals surface area contributed by atoms with Gasteiger partial charge in [0, 0.05) is 25.1 Å². The molecule has 4 amide bonds. The summed E-state index contributed by atoms with van der Waals surface area (Å²) < 4.78 is 0. The maximum absolute atomic E-state index is 14.5. The van der Waals surface area contributed by atoms with Gasteiger partial charge in [0.05, 0.1) is 24.0 Å². The second kappa shape index (κ2) is 14.5. The van der Waals surface area contributed by atoms with Crippen molar-refractivity contribution in [2.75, 3.05) is 6.54 Å². The van der Waals surface area contributed by atoms with Crippen LogP contribution in [-0.4, -0.2) is 75.6 Å². The Morgan fingerprint density at radius 3 is 2.45 bits per heavy atom. The Morgan fingerprint density at radius 2 is 1.81 bits per heavy atom. The number of pyridine rings is 1. The van der Waals surface area contributed by atoms with E-state index in [0.29, 0.717) is 30.2 Å². The van der Waals surface area contributed by atoms with Gasteiger partial charge in [-0.25, -0.2) is 0 Å². The maximum Gasteiger partial charge on any atom is 0.289 e. The van der Waals surface area contributed by atoms with Gasteiger partial charge in [0.15, 0.2) is 0 Å².